The number of halogens is 1. The van der Waals surface area contributed by atoms with Gasteiger partial charge in [0.25, 0.3) is 5.56 Å². The van der Waals surface area contributed by atoms with Gasteiger partial charge in [-0.2, -0.15) is 0 Å². The number of aromatic carboxylic acids is 1. The van der Waals surface area contributed by atoms with E-state index in [4.69, 9.17) is 0 Å². The summed E-state index contributed by atoms with van der Waals surface area (Å²) in [5, 5.41) is 19.6. The van der Waals surface area contributed by atoms with Gasteiger partial charge in [-0.25, -0.2) is 17.6 Å². The summed E-state index contributed by atoms with van der Waals surface area (Å²) in [6.07, 6.45) is 2.94. The van der Waals surface area contributed by atoms with E-state index in [0.717, 1.165) is 16.4 Å². The van der Waals surface area contributed by atoms with E-state index in [-0.39, 0.29) is 35.6 Å². The van der Waals surface area contributed by atoms with Crippen LogP contribution in [0.4, 0.5) is 4.39 Å². The van der Waals surface area contributed by atoms with Crippen LogP contribution >= 0.6 is 0 Å². The molecule has 0 atom stereocenters. The molecule has 0 aliphatic heterocycles. The predicted molar refractivity (Wildman–Crippen MR) is 108 cm³/mol. The lowest BCUT2D eigenvalue weighted by molar-refractivity contribution is 0.0691. The summed E-state index contributed by atoms with van der Waals surface area (Å²) in [4.78, 5) is 28.3. The number of benzene rings is 1. The maximum atomic E-state index is 13.1. The Morgan fingerprint density at radius 2 is 1.87 bits per heavy atom. The van der Waals surface area contributed by atoms with E-state index < -0.39 is 32.7 Å². The number of carboxylic acid groups (broad SMARTS) is 1. The van der Waals surface area contributed by atoms with Crippen molar-refractivity contribution in [1.29, 1.82) is 0 Å². The molecule has 2 aromatic heterocycles. The Hall–Kier alpha value is -3.27. The van der Waals surface area contributed by atoms with Gasteiger partial charge in [0.2, 0.25) is 0 Å². The molecule has 0 amide bonds. The van der Waals surface area contributed by atoms with Crippen LogP contribution in [0.2, 0.25) is 0 Å². The zero-order chi connectivity index (χ0) is 22.1. The summed E-state index contributed by atoms with van der Waals surface area (Å²) in [6, 6.07) is 7.41. The van der Waals surface area contributed by atoms with Gasteiger partial charge in [0.05, 0.1) is 11.3 Å². The molecule has 0 spiro atoms. The summed E-state index contributed by atoms with van der Waals surface area (Å²) in [6.45, 7) is -0.0648. The molecule has 8 nitrogen and oxygen atoms in total. The smallest absolute Gasteiger partial charge is 0.345 e. The van der Waals surface area contributed by atoms with Gasteiger partial charge in [-0.05, 0) is 42.2 Å². The van der Waals surface area contributed by atoms with Crippen LogP contribution in [0.3, 0.4) is 0 Å². The quantitative estimate of drug-likeness (QED) is 0.582. The normalized spacial score (nSPS) is 11.7. The highest BCUT2D eigenvalue weighted by molar-refractivity contribution is 7.90. The van der Waals surface area contributed by atoms with Crippen LogP contribution in [0.5, 0.6) is 5.75 Å². The van der Waals surface area contributed by atoms with E-state index in [2.05, 4.69) is 4.98 Å². The van der Waals surface area contributed by atoms with Crippen molar-refractivity contribution in [3.8, 4) is 5.75 Å². The second kappa shape index (κ2) is 8.23. The largest absolute Gasteiger partial charge is 0.505 e. The molecule has 2 heterocycles. The molecule has 0 fully saturated rings. The van der Waals surface area contributed by atoms with E-state index >= 15 is 0 Å². The number of nitrogens with zero attached hydrogens (tertiary/aromatic N) is 2. The van der Waals surface area contributed by atoms with Crippen molar-refractivity contribution in [2.75, 3.05) is 12.0 Å². The number of rotatable bonds is 7. The lowest BCUT2D eigenvalue weighted by Crippen LogP contribution is -2.28. The fourth-order valence-electron chi connectivity index (χ4n) is 3.18. The first-order valence-electron chi connectivity index (χ1n) is 8.96. The Morgan fingerprint density at radius 1 is 1.20 bits per heavy atom. The Morgan fingerprint density at radius 3 is 2.47 bits per heavy atom. The van der Waals surface area contributed by atoms with Crippen LogP contribution < -0.4 is 5.56 Å². The van der Waals surface area contributed by atoms with Crippen LogP contribution in [0.15, 0.2) is 41.3 Å². The van der Waals surface area contributed by atoms with Gasteiger partial charge >= 0.3 is 5.97 Å². The maximum Gasteiger partial charge on any atom is 0.345 e. The molecule has 3 aromatic rings. The number of pyridine rings is 2. The minimum absolute atomic E-state index is 0.0648. The average Bonchev–Trinajstić information content (AvgIpc) is 2.65. The highest BCUT2D eigenvalue weighted by atomic mass is 32.2. The van der Waals surface area contributed by atoms with Gasteiger partial charge in [0, 0.05) is 19.0 Å². The molecule has 10 heteroatoms. The molecule has 0 saturated heterocycles. The standard InChI is InChI=1S/C20H19FN2O6S/c1-30(28,29)8-2-7-23-15-10-13(9-12-3-5-14(21)6-4-12)11-22-17(15)18(24)16(19(23)25)20(26)27/h3-6,10-11,24H,2,7-9H2,1H3,(H,26,27). The minimum Gasteiger partial charge on any atom is -0.505 e. The number of hydrogen-bond acceptors (Lipinski definition) is 6. The van der Waals surface area contributed by atoms with E-state index in [1.54, 1.807) is 18.2 Å². The summed E-state index contributed by atoms with van der Waals surface area (Å²) in [5.41, 5.74) is -0.213. The highest BCUT2D eigenvalue weighted by Crippen LogP contribution is 2.26. The minimum atomic E-state index is -3.27. The molecule has 0 bridgehead atoms. The van der Waals surface area contributed by atoms with E-state index in [0.29, 0.717) is 12.0 Å². The van der Waals surface area contributed by atoms with Crippen LogP contribution in [0.1, 0.15) is 27.9 Å². The first-order valence-corrected chi connectivity index (χ1v) is 11.0. The topological polar surface area (TPSA) is 127 Å². The lowest BCUT2D eigenvalue weighted by atomic mass is 10.1. The average molecular weight is 434 g/mol. The summed E-state index contributed by atoms with van der Waals surface area (Å²) in [7, 11) is -3.27. The molecule has 1 aromatic carbocycles. The van der Waals surface area contributed by atoms with Crippen molar-refractivity contribution in [2.45, 2.75) is 19.4 Å². The number of fused-ring (bicyclic) bond motifs is 1. The molecule has 0 aliphatic carbocycles. The van der Waals surface area contributed by atoms with Crippen molar-refractivity contribution in [2.24, 2.45) is 0 Å². The van der Waals surface area contributed by atoms with E-state index in [9.17, 15) is 32.6 Å². The molecule has 30 heavy (non-hydrogen) atoms. The Labute approximate surface area is 171 Å². The molecule has 0 unspecified atom stereocenters. The van der Waals surface area contributed by atoms with E-state index in [1.165, 1.54) is 18.3 Å². The van der Waals surface area contributed by atoms with Gasteiger partial charge in [0.1, 0.15) is 21.2 Å². The molecule has 0 radical (unpaired) electrons. The third-order valence-corrected chi connectivity index (χ3v) is 5.60. The molecular weight excluding hydrogens is 415 g/mol. The van der Waals surface area contributed by atoms with Gasteiger partial charge in [0.15, 0.2) is 11.3 Å². The number of carboxylic acids is 1. The Bertz CT molecular complexity index is 1280. The summed E-state index contributed by atoms with van der Waals surface area (Å²) < 4.78 is 37.1. The van der Waals surface area contributed by atoms with Crippen molar-refractivity contribution < 1.29 is 27.8 Å². The number of sulfone groups is 1. The summed E-state index contributed by atoms with van der Waals surface area (Å²) in [5.74, 6) is -2.91. The number of aryl methyl sites for hydroxylation is 1. The van der Waals surface area contributed by atoms with Gasteiger partial charge in [-0.15, -0.1) is 0 Å². The van der Waals surface area contributed by atoms with E-state index in [1.807, 2.05) is 0 Å². The Balaban J connectivity index is 2.11. The second-order valence-electron chi connectivity index (χ2n) is 6.98. The molecule has 0 aliphatic rings. The second-order valence-corrected chi connectivity index (χ2v) is 9.24. The fourth-order valence-corrected chi connectivity index (χ4v) is 3.83. The maximum absolute atomic E-state index is 13.1. The summed E-state index contributed by atoms with van der Waals surface area (Å²) >= 11 is 0. The number of aromatic hydroxyl groups is 1. The monoisotopic (exact) mass is 434 g/mol. The molecular formula is C20H19FN2O6S. The van der Waals surface area contributed by atoms with Crippen LogP contribution in [0, 0.1) is 5.82 Å². The van der Waals surface area contributed by atoms with Crippen molar-refractivity contribution in [3.63, 3.8) is 0 Å². The lowest BCUT2D eigenvalue weighted by Gasteiger charge is -2.14. The van der Waals surface area contributed by atoms with Crippen molar-refractivity contribution >= 4 is 26.8 Å². The van der Waals surface area contributed by atoms with Gasteiger partial charge in [-0.1, -0.05) is 12.1 Å². The zero-order valence-corrected chi connectivity index (χ0v) is 16.8. The highest BCUT2D eigenvalue weighted by Gasteiger charge is 2.23. The molecule has 0 saturated carbocycles. The third-order valence-electron chi connectivity index (χ3n) is 4.57. The van der Waals surface area contributed by atoms with Crippen LogP contribution in [0.25, 0.3) is 11.0 Å². The first kappa shape index (κ1) is 21.4. The zero-order valence-electron chi connectivity index (χ0n) is 16.0. The Kier molecular flexibility index (Phi) is 5.88. The molecule has 158 valence electrons. The number of aromatic nitrogens is 2. The first-order chi connectivity index (χ1) is 14.1. The molecule has 3 rings (SSSR count). The number of carbonyl (C=O) groups is 1. The number of hydrogen-bond donors (Lipinski definition) is 2. The van der Waals surface area contributed by atoms with Gasteiger partial charge < -0.3 is 14.8 Å². The SMILES string of the molecule is CS(=O)(=O)CCCn1c(=O)c(C(=O)O)c(O)c2ncc(Cc3ccc(F)cc3)cc21. The van der Waals surface area contributed by atoms with Gasteiger partial charge in [-0.3, -0.25) is 9.78 Å². The molecule has 2 N–H and O–H groups in total. The van der Waals surface area contributed by atoms with Crippen molar-refractivity contribution in [3.05, 3.63) is 69.4 Å². The van der Waals surface area contributed by atoms with Crippen LogP contribution in [-0.2, 0) is 22.8 Å². The fraction of sp³-hybridized carbons (Fsp3) is 0.250. The van der Waals surface area contributed by atoms with Crippen molar-refractivity contribution in [1.82, 2.24) is 9.55 Å². The predicted octanol–water partition coefficient (Wildman–Crippen LogP) is 1.96. The van der Waals surface area contributed by atoms with Crippen LogP contribution in [-0.4, -0.2) is 46.2 Å². The third kappa shape index (κ3) is 4.65.